The smallest absolute Gasteiger partial charge is 0.337 e. The van der Waals surface area contributed by atoms with Crippen molar-refractivity contribution in [2.75, 3.05) is 18.0 Å². The molecular weight excluding hydrogens is 287 g/mol. The van der Waals surface area contributed by atoms with E-state index in [1.165, 1.54) is 6.20 Å². The van der Waals surface area contributed by atoms with E-state index in [1.54, 1.807) is 15.8 Å². The second-order valence-electron chi connectivity index (χ2n) is 4.76. The minimum Gasteiger partial charge on any atom is -0.337 e. The standard InChI is InChI=1S/C11H12F3N7/c12-11(13,14)9-1-2-16-10(18-9)20-5-7(15)8(6-20)21-4-3-17-19-21/h1-4,7-8H,5-6,15H2/t7-,8+/m1/s1. The van der Waals surface area contributed by atoms with Crippen molar-refractivity contribution < 1.29 is 13.2 Å². The molecule has 2 aromatic heterocycles. The van der Waals surface area contributed by atoms with Crippen molar-refractivity contribution in [3.63, 3.8) is 0 Å². The Balaban J connectivity index is 1.83. The average Bonchev–Trinajstić information content (AvgIpc) is 3.07. The number of nitrogens with two attached hydrogens (primary N) is 1. The van der Waals surface area contributed by atoms with Crippen LogP contribution in [0.1, 0.15) is 11.7 Å². The number of alkyl halides is 3. The molecule has 0 aliphatic carbocycles. The molecule has 2 aromatic rings. The van der Waals surface area contributed by atoms with Crippen molar-refractivity contribution in [2.45, 2.75) is 18.3 Å². The van der Waals surface area contributed by atoms with Gasteiger partial charge in [0.1, 0.15) is 5.69 Å². The van der Waals surface area contributed by atoms with Crippen LogP contribution < -0.4 is 10.6 Å². The Morgan fingerprint density at radius 1 is 1.24 bits per heavy atom. The highest BCUT2D eigenvalue weighted by Crippen LogP contribution is 2.29. The lowest BCUT2D eigenvalue weighted by Gasteiger charge is -2.17. The minimum absolute atomic E-state index is 0.0166. The van der Waals surface area contributed by atoms with Crippen molar-refractivity contribution in [1.29, 1.82) is 0 Å². The number of hydrogen-bond acceptors (Lipinski definition) is 6. The topological polar surface area (TPSA) is 85.8 Å². The Bertz CT molecular complexity index is 613. The first-order valence-corrected chi connectivity index (χ1v) is 6.22. The number of aromatic nitrogens is 5. The largest absolute Gasteiger partial charge is 0.433 e. The third-order valence-corrected chi connectivity index (χ3v) is 3.33. The van der Waals surface area contributed by atoms with E-state index in [-0.39, 0.29) is 18.0 Å². The molecule has 0 saturated carbocycles. The van der Waals surface area contributed by atoms with Crippen LogP contribution in [0, 0.1) is 0 Å². The van der Waals surface area contributed by atoms with Crippen LogP contribution in [0.15, 0.2) is 24.7 Å². The van der Waals surface area contributed by atoms with Gasteiger partial charge in [0, 0.05) is 31.5 Å². The Hall–Kier alpha value is -2.23. The second-order valence-corrected chi connectivity index (χ2v) is 4.76. The van der Waals surface area contributed by atoms with E-state index in [0.717, 1.165) is 12.3 Å². The van der Waals surface area contributed by atoms with Crippen LogP contribution in [0.5, 0.6) is 0 Å². The van der Waals surface area contributed by atoms with Gasteiger partial charge in [-0.15, -0.1) is 5.10 Å². The van der Waals surface area contributed by atoms with Crippen molar-refractivity contribution in [3.8, 4) is 0 Å². The fraction of sp³-hybridized carbons (Fsp3) is 0.455. The van der Waals surface area contributed by atoms with Crippen molar-refractivity contribution in [3.05, 3.63) is 30.4 Å². The highest BCUT2D eigenvalue weighted by atomic mass is 19.4. The zero-order valence-corrected chi connectivity index (χ0v) is 10.8. The van der Waals surface area contributed by atoms with E-state index in [0.29, 0.717) is 13.1 Å². The van der Waals surface area contributed by atoms with Gasteiger partial charge in [-0.05, 0) is 6.07 Å². The van der Waals surface area contributed by atoms with Gasteiger partial charge >= 0.3 is 6.18 Å². The van der Waals surface area contributed by atoms with Crippen molar-refractivity contribution in [1.82, 2.24) is 25.0 Å². The zero-order chi connectivity index (χ0) is 15.0. The molecule has 0 bridgehead atoms. The Kier molecular flexibility index (Phi) is 3.24. The first-order chi connectivity index (χ1) is 9.95. The molecular formula is C11H12F3N7. The Morgan fingerprint density at radius 3 is 2.71 bits per heavy atom. The van der Waals surface area contributed by atoms with E-state index < -0.39 is 11.9 Å². The predicted octanol–water partition coefficient (Wildman–Crippen LogP) is 0.475. The molecule has 0 amide bonds. The zero-order valence-electron chi connectivity index (χ0n) is 10.8. The SMILES string of the molecule is N[C@@H]1CN(c2nccc(C(F)(F)F)n2)C[C@@H]1n1ccnn1. The van der Waals surface area contributed by atoms with Crippen LogP contribution in [0.4, 0.5) is 19.1 Å². The lowest BCUT2D eigenvalue weighted by Crippen LogP contribution is -2.31. The van der Waals surface area contributed by atoms with Crippen LogP contribution >= 0.6 is 0 Å². The van der Waals surface area contributed by atoms with Gasteiger partial charge in [-0.1, -0.05) is 5.21 Å². The summed E-state index contributed by atoms with van der Waals surface area (Å²) in [5, 5.41) is 7.58. The summed E-state index contributed by atoms with van der Waals surface area (Å²) in [5.74, 6) is 0.0166. The number of nitrogens with zero attached hydrogens (tertiary/aromatic N) is 6. The predicted molar refractivity (Wildman–Crippen MR) is 66.3 cm³/mol. The molecule has 3 heterocycles. The quantitative estimate of drug-likeness (QED) is 0.868. The molecule has 2 atom stereocenters. The molecule has 2 N–H and O–H groups in total. The highest BCUT2D eigenvalue weighted by Gasteiger charge is 2.36. The van der Waals surface area contributed by atoms with Crippen LogP contribution in [0.2, 0.25) is 0 Å². The third kappa shape index (κ3) is 2.66. The summed E-state index contributed by atoms with van der Waals surface area (Å²) in [6, 6.07) is 0.379. The van der Waals surface area contributed by atoms with E-state index >= 15 is 0 Å². The summed E-state index contributed by atoms with van der Waals surface area (Å²) in [5.41, 5.74) is 5.05. The molecule has 0 aromatic carbocycles. The lowest BCUT2D eigenvalue weighted by atomic mass is 10.2. The summed E-state index contributed by atoms with van der Waals surface area (Å²) in [6.07, 6.45) is -0.207. The molecule has 0 radical (unpaired) electrons. The van der Waals surface area contributed by atoms with Gasteiger partial charge < -0.3 is 10.6 Å². The monoisotopic (exact) mass is 299 g/mol. The maximum atomic E-state index is 12.7. The molecule has 0 spiro atoms. The van der Waals surface area contributed by atoms with Gasteiger partial charge in [-0.25, -0.2) is 14.6 Å². The van der Waals surface area contributed by atoms with Gasteiger partial charge in [0.25, 0.3) is 0 Å². The van der Waals surface area contributed by atoms with E-state index in [1.807, 2.05) is 0 Å². The summed E-state index contributed by atoms with van der Waals surface area (Å²) in [7, 11) is 0. The molecule has 1 aliphatic rings. The molecule has 0 unspecified atom stereocenters. The molecule has 112 valence electrons. The summed E-state index contributed by atoms with van der Waals surface area (Å²) < 4.78 is 39.6. The number of halogens is 3. The normalized spacial score (nSPS) is 22.8. The second kappa shape index (κ2) is 4.95. The number of hydrogen-bond donors (Lipinski definition) is 1. The van der Waals surface area contributed by atoms with E-state index in [2.05, 4.69) is 20.3 Å². The van der Waals surface area contributed by atoms with Crippen LogP contribution in [0.25, 0.3) is 0 Å². The molecule has 3 rings (SSSR count). The first kappa shape index (κ1) is 13.7. The maximum absolute atomic E-state index is 12.7. The van der Waals surface area contributed by atoms with Crippen LogP contribution in [-0.4, -0.2) is 44.1 Å². The molecule has 21 heavy (non-hydrogen) atoms. The average molecular weight is 299 g/mol. The van der Waals surface area contributed by atoms with Crippen molar-refractivity contribution in [2.24, 2.45) is 5.73 Å². The van der Waals surface area contributed by atoms with Crippen LogP contribution in [0.3, 0.4) is 0 Å². The molecule has 1 aliphatic heterocycles. The first-order valence-electron chi connectivity index (χ1n) is 6.22. The highest BCUT2D eigenvalue weighted by molar-refractivity contribution is 5.34. The fourth-order valence-electron chi connectivity index (χ4n) is 2.31. The number of rotatable bonds is 2. The summed E-state index contributed by atoms with van der Waals surface area (Å²) in [4.78, 5) is 9.08. The number of anilines is 1. The molecule has 1 fully saturated rings. The molecule has 7 nitrogen and oxygen atoms in total. The molecule has 10 heteroatoms. The Morgan fingerprint density at radius 2 is 2.05 bits per heavy atom. The summed E-state index contributed by atoms with van der Waals surface area (Å²) >= 11 is 0. The third-order valence-electron chi connectivity index (χ3n) is 3.33. The minimum atomic E-state index is -4.50. The van der Waals surface area contributed by atoms with Gasteiger partial charge in [-0.2, -0.15) is 13.2 Å². The van der Waals surface area contributed by atoms with Gasteiger partial charge in [0.15, 0.2) is 0 Å². The maximum Gasteiger partial charge on any atom is 0.433 e. The summed E-state index contributed by atoms with van der Waals surface area (Å²) in [6.45, 7) is 0.734. The van der Waals surface area contributed by atoms with Crippen LogP contribution in [-0.2, 0) is 6.18 Å². The molecule has 1 saturated heterocycles. The van der Waals surface area contributed by atoms with E-state index in [4.69, 9.17) is 5.73 Å². The van der Waals surface area contributed by atoms with Gasteiger partial charge in [0.2, 0.25) is 5.95 Å². The lowest BCUT2D eigenvalue weighted by molar-refractivity contribution is -0.141. The fourth-order valence-corrected chi connectivity index (χ4v) is 2.31. The van der Waals surface area contributed by atoms with Gasteiger partial charge in [-0.3, -0.25) is 0 Å². The van der Waals surface area contributed by atoms with Gasteiger partial charge in [0.05, 0.1) is 12.2 Å². The Labute approximate surface area is 117 Å². The van der Waals surface area contributed by atoms with E-state index in [9.17, 15) is 13.2 Å². The van der Waals surface area contributed by atoms with Crippen molar-refractivity contribution >= 4 is 5.95 Å².